The molecule has 1 aliphatic rings. The number of amides is 2. The zero-order chi connectivity index (χ0) is 27.0. The number of nitrogens with one attached hydrogen (secondary N) is 2. The van der Waals surface area contributed by atoms with Gasteiger partial charge in [-0.2, -0.15) is 5.10 Å². The van der Waals surface area contributed by atoms with Crippen molar-refractivity contribution in [3.8, 4) is 17.2 Å². The van der Waals surface area contributed by atoms with Gasteiger partial charge in [0.15, 0.2) is 11.5 Å². The Morgan fingerprint density at radius 2 is 1.62 bits per heavy atom. The van der Waals surface area contributed by atoms with Gasteiger partial charge in [-0.3, -0.25) is 9.59 Å². The fourth-order valence-electron chi connectivity index (χ4n) is 3.51. The Morgan fingerprint density at radius 3 is 2.38 bits per heavy atom. The van der Waals surface area contributed by atoms with Crippen molar-refractivity contribution in [2.24, 2.45) is 5.10 Å². The van der Waals surface area contributed by atoms with E-state index in [9.17, 15) is 14.4 Å². The number of furan rings is 1. The van der Waals surface area contributed by atoms with Crippen LogP contribution in [0.3, 0.4) is 0 Å². The molecule has 2 N–H and O–H groups in total. The van der Waals surface area contributed by atoms with Crippen molar-refractivity contribution in [2.45, 2.75) is 0 Å². The van der Waals surface area contributed by atoms with Gasteiger partial charge in [0, 0.05) is 5.56 Å². The summed E-state index contributed by atoms with van der Waals surface area (Å²) in [5.74, 6) is -0.180. The first-order chi connectivity index (χ1) is 19.0. The van der Waals surface area contributed by atoms with Crippen molar-refractivity contribution < 1.29 is 33.0 Å². The zero-order valence-corrected chi connectivity index (χ0v) is 20.3. The van der Waals surface area contributed by atoms with Crippen LogP contribution in [0.4, 0.5) is 0 Å². The highest BCUT2D eigenvalue weighted by Gasteiger charge is 2.17. The van der Waals surface area contributed by atoms with E-state index in [1.807, 2.05) is 0 Å². The van der Waals surface area contributed by atoms with Crippen molar-refractivity contribution in [1.82, 2.24) is 10.7 Å². The van der Waals surface area contributed by atoms with E-state index in [0.717, 1.165) is 0 Å². The third-order valence-electron chi connectivity index (χ3n) is 5.43. The monoisotopic (exact) mass is 523 g/mol. The molecule has 2 amide bonds. The van der Waals surface area contributed by atoms with Gasteiger partial charge >= 0.3 is 5.97 Å². The van der Waals surface area contributed by atoms with Crippen molar-refractivity contribution in [1.29, 1.82) is 0 Å². The summed E-state index contributed by atoms with van der Waals surface area (Å²) in [5, 5.41) is 6.63. The van der Waals surface area contributed by atoms with Crippen molar-refractivity contribution in [3.63, 3.8) is 0 Å². The van der Waals surface area contributed by atoms with Gasteiger partial charge < -0.3 is 23.9 Å². The van der Waals surface area contributed by atoms with Crippen LogP contribution in [0.25, 0.3) is 6.08 Å². The van der Waals surface area contributed by atoms with Crippen LogP contribution < -0.4 is 25.0 Å². The lowest BCUT2D eigenvalue weighted by Crippen LogP contribution is -2.32. The number of carbonyl (C=O) groups excluding carboxylic acids is 3. The standard InChI is InChI=1S/C29H21N3O7/c33-27(21-5-2-1-3-6-21)31-23(15-20-10-13-24-26(16-20)38-18-37-24)28(34)32-30-17-19-8-11-22(12-9-19)39-29(35)25-7-4-14-36-25/h1-17H,18H2,(H,31,33)(H,32,34)/b23-15+,30-17-. The molecular formula is C29H21N3O7. The second kappa shape index (κ2) is 11.6. The van der Waals surface area contributed by atoms with E-state index >= 15 is 0 Å². The van der Waals surface area contributed by atoms with Gasteiger partial charge in [0.1, 0.15) is 11.4 Å². The second-order valence-electron chi connectivity index (χ2n) is 8.13. The first kappa shape index (κ1) is 25.0. The number of hydrogen-bond acceptors (Lipinski definition) is 8. The summed E-state index contributed by atoms with van der Waals surface area (Å²) in [6.07, 6.45) is 4.30. The fraction of sp³-hybridized carbons (Fsp3) is 0.0345. The summed E-state index contributed by atoms with van der Waals surface area (Å²) < 4.78 is 21.0. The highest BCUT2D eigenvalue weighted by Crippen LogP contribution is 2.33. The minimum absolute atomic E-state index is 0.0277. The van der Waals surface area contributed by atoms with Gasteiger partial charge in [0.25, 0.3) is 11.8 Å². The van der Waals surface area contributed by atoms with Crippen LogP contribution in [0.15, 0.2) is 106 Å². The number of nitrogens with zero attached hydrogens (tertiary/aromatic N) is 1. The number of ether oxygens (including phenoxy) is 3. The minimum atomic E-state index is -0.641. The maximum absolute atomic E-state index is 13.0. The number of carbonyl (C=O) groups is 3. The summed E-state index contributed by atoms with van der Waals surface area (Å²) in [5.41, 5.74) is 4.02. The lowest BCUT2D eigenvalue weighted by molar-refractivity contribution is -0.117. The molecule has 39 heavy (non-hydrogen) atoms. The Morgan fingerprint density at radius 1 is 0.846 bits per heavy atom. The van der Waals surface area contributed by atoms with Gasteiger partial charge in [-0.1, -0.05) is 24.3 Å². The maximum Gasteiger partial charge on any atom is 0.379 e. The predicted molar refractivity (Wildman–Crippen MR) is 140 cm³/mol. The smallest absolute Gasteiger partial charge is 0.379 e. The second-order valence-corrected chi connectivity index (χ2v) is 8.13. The summed E-state index contributed by atoms with van der Waals surface area (Å²) in [4.78, 5) is 37.7. The van der Waals surface area contributed by atoms with E-state index in [4.69, 9.17) is 18.6 Å². The van der Waals surface area contributed by atoms with E-state index in [2.05, 4.69) is 15.8 Å². The molecule has 5 rings (SSSR count). The number of rotatable bonds is 8. The Balaban J connectivity index is 1.27. The molecule has 2 heterocycles. The molecule has 0 aliphatic carbocycles. The zero-order valence-electron chi connectivity index (χ0n) is 20.3. The maximum atomic E-state index is 13.0. The fourth-order valence-corrected chi connectivity index (χ4v) is 3.51. The molecule has 0 atom stereocenters. The number of hydrogen-bond donors (Lipinski definition) is 2. The SMILES string of the molecule is O=C(N/N=C\c1ccc(OC(=O)c2ccco2)cc1)/C(=C\c1ccc2c(c1)OCO2)NC(=O)c1ccccc1. The lowest BCUT2D eigenvalue weighted by Gasteiger charge is -2.09. The average molecular weight is 524 g/mol. The van der Waals surface area contributed by atoms with Gasteiger partial charge in [0.2, 0.25) is 12.6 Å². The van der Waals surface area contributed by atoms with Crippen LogP contribution in [-0.2, 0) is 4.79 Å². The van der Waals surface area contributed by atoms with Crippen LogP contribution in [0.1, 0.15) is 32.0 Å². The third kappa shape index (κ3) is 6.38. The van der Waals surface area contributed by atoms with Crippen LogP contribution in [0.5, 0.6) is 17.2 Å². The first-order valence-electron chi connectivity index (χ1n) is 11.7. The molecule has 1 aromatic heterocycles. The van der Waals surface area contributed by atoms with Crippen LogP contribution in [-0.4, -0.2) is 30.8 Å². The van der Waals surface area contributed by atoms with E-state index in [1.165, 1.54) is 24.6 Å². The normalized spacial score (nSPS) is 12.3. The topological polar surface area (TPSA) is 128 Å². The quantitative estimate of drug-likeness (QED) is 0.117. The molecule has 0 saturated heterocycles. The highest BCUT2D eigenvalue weighted by atomic mass is 16.7. The number of hydrazone groups is 1. The van der Waals surface area contributed by atoms with E-state index in [0.29, 0.717) is 33.9 Å². The van der Waals surface area contributed by atoms with Crippen LogP contribution in [0.2, 0.25) is 0 Å². The van der Waals surface area contributed by atoms with Crippen molar-refractivity contribution >= 4 is 30.1 Å². The van der Waals surface area contributed by atoms with Gasteiger partial charge in [-0.15, -0.1) is 0 Å². The van der Waals surface area contributed by atoms with E-state index < -0.39 is 17.8 Å². The number of benzene rings is 3. The Hall–Kier alpha value is -5.64. The summed E-state index contributed by atoms with van der Waals surface area (Å²) in [6, 6.07) is 23.2. The van der Waals surface area contributed by atoms with Gasteiger partial charge in [-0.05, 0) is 77.9 Å². The highest BCUT2D eigenvalue weighted by molar-refractivity contribution is 6.05. The number of esters is 1. The predicted octanol–water partition coefficient (Wildman–Crippen LogP) is 4.15. The molecule has 194 valence electrons. The molecule has 0 unspecified atom stereocenters. The molecule has 0 radical (unpaired) electrons. The minimum Gasteiger partial charge on any atom is -0.457 e. The molecule has 0 fully saturated rings. The molecule has 4 aromatic rings. The molecule has 0 spiro atoms. The van der Waals surface area contributed by atoms with Crippen LogP contribution >= 0.6 is 0 Å². The number of fused-ring (bicyclic) bond motifs is 1. The largest absolute Gasteiger partial charge is 0.457 e. The molecule has 10 heteroatoms. The molecular weight excluding hydrogens is 502 g/mol. The Labute approximate surface area is 222 Å². The summed E-state index contributed by atoms with van der Waals surface area (Å²) >= 11 is 0. The average Bonchev–Trinajstić information content (AvgIpc) is 3.66. The molecule has 1 aliphatic heterocycles. The molecule has 3 aromatic carbocycles. The molecule has 10 nitrogen and oxygen atoms in total. The van der Waals surface area contributed by atoms with Crippen molar-refractivity contribution in [3.05, 3.63) is 119 Å². The first-order valence-corrected chi connectivity index (χ1v) is 11.7. The van der Waals surface area contributed by atoms with Gasteiger partial charge in [-0.25, -0.2) is 10.2 Å². The summed E-state index contributed by atoms with van der Waals surface area (Å²) in [7, 11) is 0. The third-order valence-corrected chi connectivity index (χ3v) is 5.43. The Kier molecular flexibility index (Phi) is 7.45. The van der Waals surface area contributed by atoms with E-state index in [-0.39, 0.29) is 18.3 Å². The van der Waals surface area contributed by atoms with E-state index in [1.54, 1.807) is 78.9 Å². The molecule has 0 bridgehead atoms. The van der Waals surface area contributed by atoms with Crippen molar-refractivity contribution in [2.75, 3.05) is 6.79 Å². The lowest BCUT2D eigenvalue weighted by atomic mass is 10.1. The molecule has 0 saturated carbocycles. The summed E-state index contributed by atoms with van der Waals surface area (Å²) in [6.45, 7) is 0.114. The van der Waals surface area contributed by atoms with Gasteiger partial charge in [0.05, 0.1) is 12.5 Å². The Bertz CT molecular complexity index is 1540. The van der Waals surface area contributed by atoms with Crippen LogP contribution in [0, 0.1) is 0 Å².